The fourth-order valence-electron chi connectivity index (χ4n) is 3.75. The summed E-state index contributed by atoms with van der Waals surface area (Å²) in [5.74, 6) is -2.64. The van der Waals surface area contributed by atoms with Crippen LogP contribution in [0.25, 0.3) is 0 Å². The van der Waals surface area contributed by atoms with Crippen LogP contribution in [-0.2, 0) is 9.59 Å². The van der Waals surface area contributed by atoms with Gasteiger partial charge in [0.1, 0.15) is 5.82 Å². The van der Waals surface area contributed by atoms with Gasteiger partial charge in [0.25, 0.3) is 5.91 Å². The third kappa shape index (κ3) is 4.84. The Labute approximate surface area is 158 Å². The van der Waals surface area contributed by atoms with Crippen LogP contribution in [0.15, 0.2) is 18.2 Å². The van der Waals surface area contributed by atoms with Crippen LogP contribution in [-0.4, -0.2) is 41.9 Å². The molecule has 27 heavy (non-hydrogen) atoms. The van der Waals surface area contributed by atoms with E-state index in [0.29, 0.717) is 0 Å². The maximum Gasteiger partial charge on any atom is 0.304 e. The molecule has 0 saturated heterocycles. The molecule has 2 N–H and O–H groups in total. The van der Waals surface area contributed by atoms with E-state index in [4.69, 9.17) is 0 Å². The second-order valence-electron chi connectivity index (χ2n) is 7.67. The molecule has 1 saturated carbocycles. The molecule has 1 aliphatic rings. The summed E-state index contributed by atoms with van der Waals surface area (Å²) in [4.78, 5) is 37.7. The Morgan fingerprint density at radius 1 is 1.22 bits per heavy atom. The third-order valence-corrected chi connectivity index (χ3v) is 5.40. The van der Waals surface area contributed by atoms with Crippen LogP contribution in [0.1, 0.15) is 55.8 Å². The highest BCUT2D eigenvalue weighted by molar-refractivity contribution is 5.99. The van der Waals surface area contributed by atoms with E-state index in [-0.39, 0.29) is 23.6 Å². The molecule has 0 aromatic heterocycles. The predicted molar refractivity (Wildman–Crippen MR) is 100.0 cm³/mol. The Morgan fingerprint density at radius 3 is 2.41 bits per heavy atom. The number of hydrogen-bond donors (Lipinski definition) is 2. The highest BCUT2D eigenvalue weighted by Gasteiger charge is 2.43. The second-order valence-corrected chi connectivity index (χ2v) is 7.67. The molecule has 1 aromatic carbocycles. The number of benzene rings is 1. The average molecular weight is 378 g/mol. The van der Waals surface area contributed by atoms with Gasteiger partial charge >= 0.3 is 5.97 Å². The molecular weight excluding hydrogens is 351 g/mol. The molecule has 0 radical (unpaired) electrons. The summed E-state index contributed by atoms with van der Waals surface area (Å²) in [6.07, 6.45) is 4.40. The van der Waals surface area contributed by atoms with Gasteiger partial charge in [0, 0.05) is 19.8 Å². The van der Waals surface area contributed by atoms with Gasteiger partial charge in [-0.15, -0.1) is 0 Å². The van der Waals surface area contributed by atoms with E-state index in [1.54, 1.807) is 6.92 Å². The maximum absolute atomic E-state index is 14.0. The molecule has 148 valence electrons. The maximum atomic E-state index is 14.0. The lowest BCUT2D eigenvalue weighted by molar-refractivity contribution is -0.145. The van der Waals surface area contributed by atoms with Crippen molar-refractivity contribution in [2.45, 2.75) is 45.4 Å². The number of rotatable bonds is 6. The van der Waals surface area contributed by atoms with E-state index in [1.807, 2.05) is 0 Å². The van der Waals surface area contributed by atoms with Crippen molar-refractivity contribution in [3.8, 4) is 0 Å². The number of hydrogen-bond acceptors (Lipinski definition) is 3. The van der Waals surface area contributed by atoms with Gasteiger partial charge in [-0.25, -0.2) is 4.39 Å². The lowest BCUT2D eigenvalue weighted by Crippen LogP contribution is -2.42. The predicted octanol–water partition coefficient (Wildman–Crippen LogP) is 3.53. The van der Waals surface area contributed by atoms with E-state index in [1.165, 1.54) is 31.1 Å². The van der Waals surface area contributed by atoms with Gasteiger partial charge in [0.15, 0.2) is 0 Å². The quantitative estimate of drug-likeness (QED) is 0.793. The highest BCUT2D eigenvalue weighted by Crippen LogP contribution is 2.42. The van der Waals surface area contributed by atoms with Gasteiger partial charge in [-0.2, -0.15) is 0 Å². The Kier molecular flexibility index (Phi) is 6.57. The summed E-state index contributed by atoms with van der Waals surface area (Å²) in [6.45, 7) is 1.68. The van der Waals surface area contributed by atoms with Crippen molar-refractivity contribution in [2.24, 2.45) is 11.3 Å². The molecule has 0 aliphatic heterocycles. The zero-order valence-corrected chi connectivity index (χ0v) is 16.0. The van der Waals surface area contributed by atoms with E-state index < -0.39 is 29.0 Å². The second kappa shape index (κ2) is 8.50. The lowest BCUT2D eigenvalue weighted by atomic mass is 9.67. The number of carboxylic acids is 1. The highest BCUT2D eigenvalue weighted by atomic mass is 19.1. The first-order chi connectivity index (χ1) is 12.6. The molecular formula is C20H27FN2O4. The summed E-state index contributed by atoms with van der Waals surface area (Å²) in [5.41, 5.74) is -0.929. The number of amides is 2. The van der Waals surface area contributed by atoms with Crippen LogP contribution in [0, 0.1) is 17.2 Å². The Balaban J connectivity index is 2.28. The third-order valence-electron chi connectivity index (χ3n) is 5.40. The normalized spacial score (nSPS) is 17.0. The minimum absolute atomic E-state index is 0.0225. The summed E-state index contributed by atoms with van der Waals surface area (Å²) >= 11 is 0. The largest absolute Gasteiger partial charge is 0.481 e. The van der Waals surface area contributed by atoms with Gasteiger partial charge < -0.3 is 15.3 Å². The number of carbonyl (C=O) groups is 3. The minimum Gasteiger partial charge on any atom is -0.481 e. The Morgan fingerprint density at radius 2 is 1.85 bits per heavy atom. The number of anilines is 1. The number of carboxylic acid groups (broad SMARTS) is 1. The average Bonchev–Trinajstić information content (AvgIpc) is 2.62. The molecule has 2 rings (SSSR count). The number of nitrogens with zero attached hydrogens (tertiary/aromatic N) is 1. The van der Waals surface area contributed by atoms with Crippen LogP contribution in [0.2, 0.25) is 0 Å². The Hall–Kier alpha value is -2.44. The van der Waals surface area contributed by atoms with Gasteiger partial charge in [-0.05, 0) is 43.9 Å². The minimum atomic E-state index is -1.06. The van der Waals surface area contributed by atoms with Crippen molar-refractivity contribution in [2.75, 3.05) is 19.4 Å². The van der Waals surface area contributed by atoms with Gasteiger partial charge in [0.2, 0.25) is 5.91 Å². The first-order valence-corrected chi connectivity index (χ1v) is 9.19. The molecule has 6 nitrogen and oxygen atoms in total. The van der Waals surface area contributed by atoms with Gasteiger partial charge in [0.05, 0.1) is 17.4 Å². The first kappa shape index (κ1) is 20.9. The smallest absolute Gasteiger partial charge is 0.304 e. The molecule has 1 atom stereocenters. The monoisotopic (exact) mass is 378 g/mol. The zero-order valence-electron chi connectivity index (χ0n) is 16.0. The van der Waals surface area contributed by atoms with E-state index >= 15 is 0 Å². The number of aliphatic carboxylic acids is 1. The fraction of sp³-hybridized carbons (Fsp3) is 0.550. The van der Waals surface area contributed by atoms with Crippen molar-refractivity contribution < 1.29 is 23.9 Å². The molecule has 1 aromatic rings. The van der Waals surface area contributed by atoms with Crippen LogP contribution in [0.4, 0.5) is 10.1 Å². The molecule has 1 fully saturated rings. The van der Waals surface area contributed by atoms with Crippen molar-refractivity contribution in [3.63, 3.8) is 0 Å². The summed E-state index contributed by atoms with van der Waals surface area (Å²) in [6, 6.07) is 3.79. The van der Waals surface area contributed by atoms with Gasteiger partial charge in [-0.3, -0.25) is 14.4 Å². The van der Waals surface area contributed by atoms with Crippen LogP contribution in [0.5, 0.6) is 0 Å². The summed E-state index contributed by atoms with van der Waals surface area (Å²) < 4.78 is 14.0. The topological polar surface area (TPSA) is 86.7 Å². The molecule has 0 spiro atoms. The summed E-state index contributed by atoms with van der Waals surface area (Å²) in [5, 5.41) is 12.0. The molecule has 1 unspecified atom stereocenters. The molecule has 2 amide bonds. The zero-order chi connectivity index (χ0) is 20.2. The van der Waals surface area contributed by atoms with E-state index in [9.17, 15) is 23.9 Å². The molecule has 7 heteroatoms. The molecule has 0 bridgehead atoms. The number of halogens is 1. The number of nitrogens with one attached hydrogen (secondary N) is 1. The lowest BCUT2D eigenvalue weighted by Gasteiger charge is -2.37. The molecule has 0 heterocycles. The van der Waals surface area contributed by atoms with E-state index in [0.717, 1.165) is 38.2 Å². The van der Waals surface area contributed by atoms with Crippen LogP contribution >= 0.6 is 0 Å². The van der Waals surface area contributed by atoms with Crippen LogP contribution < -0.4 is 5.32 Å². The van der Waals surface area contributed by atoms with Crippen molar-refractivity contribution >= 4 is 23.5 Å². The van der Waals surface area contributed by atoms with Crippen molar-refractivity contribution in [1.82, 2.24) is 4.90 Å². The first-order valence-electron chi connectivity index (χ1n) is 9.19. The molecule has 1 aliphatic carbocycles. The standard InChI is InChI=1S/C20H27FN2O4/c1-20(12-17(24)25,13-7-5-4-6-8-13)19(27)22-14-9-10-16(21)15(11-14)18(26)23(2)3/h9-11,13H,4-8,12H2,1-3H3,(H,22,27)(H,24,25). The van der Waals surface area contributed by atoms with Gasteiger partial charge in [-0.1, -0.05) is 19.3 Å². The fourth-order valence-corrected chi connectivity index (χ4v) is 3.75. The number of carbonyl (C=O) groups excluding carboxylic acids is 2. The SMILES string of the molecule is CN(C)C(=O)c1cc(NC(=O)C(C)(CC(=O)O)C2CCCCC2)ccc1F. The Bertz CT molecular complexity index is 729. The van der Waals surface area contributed by atoms with E-state index in [2.05, 4.69) is 5.32 Å². The van der Waals surface area contributed by atoms with Crippen molar-refractivity contribution in [3.05, 3.63) is 29.6 Å². The summed E-state index contributed by atoms with van der Waals surface area (Å²) in [7, 11) is 3.03. The van der Waals surface area contributed by atoms with Crippen LogP contribution in [0.3, 0.4) is 0 Å². The van der Waals surface area contributed by atoms with Crippen molar-refractivity contribution in [1.29, 1.82) is 0 Å².